The van der Waals surface area contributed by atoms with Crippen molar-refractivity contribution >= 4 is 0 Å². The van der Waals surface area contributed by atoms with Crippen LogP contribution in [0.4, 0.5) is 8.78 Å². The molecule has 18 heavy (non-hydrogen) atoms. The lowest BCUT2D eigenvalue weighted by Gasteiger charge is -2.04. The Labute approximate surface area is 101 Å². The van der Waals surface area contributed by atoms with Crippen LogP contribution in [-0.2, 0) is 11.3 Å². The summed E-state index contributed by atoms with van der Waals surface area (Å²) in [6, 6.07) is 4.16. The summed E-state index contributed by atoms with van der Waals surface area (Å²) in [5.74, 6) is -1.15. The highest BCUT2D eigenvalue weighted by Gasteiger charge is 2.07. The summed E-state index contributed by atoms with van der Waals surface area (Å²) in [6.45, 7) is 0.112. The van der Waals surface area contributed by atoms with E-state index in [-0.39, 0.29) is 17.9 Å². The van der Waals surface area contributed by atoms with Gasteiger partial charge in [-0.25, -0.2) is 13.8 Å². The monoisotopic (exact) mass is 252 g/mol. The van der Waals surface area contributed by atoms with Gasteiger partial charge in [-0.2, -0.15) is 0 Å². The lowest BCUT2D eigenvalue weighted by molar-refractivity contribution is 0.177. The number of benzene rings is 1. The fraction of sp³-hybridized carbons (Fsp3) is 0.167. The smallest absolute Gasteiger partial charge is 0.251 e. The van der Waals surface area contributed by atoms with Crippen molar-refractivity contribution in [2.75, 3.05) is 7.11 Å². The van der Waals surface area contributed by atoms with Crippen LogP contribution in [0.3, 0.4) is 0 Å². The van der Waals surface area contributed by atoms with E-state index in [1.165, 1.54) is 13.2 Å². The van der Waals surface area contributed by atoms with Crippen molar-refractivity contribution in [3.05, 3.63) is 52.1 Å². The summed E-state index contributed by atoms with van der Waals surface area (Å²) in [6.07, 6.45) is 0. The van der Waals surface area contributed by atoms with E-state index >= 15 is 0 Å². The Bertz CT molecular complexity index is 605. The number of halogens is 2. The summed E-state index contributed by atoms with van der Waals surface area (Å²) >= 11 is 0. The zero-order valence-corrected chi connectivity index (χ0v) is 9.54. The summed E-state index contributed by atoms with van der Waals surface area (Å²) in [5, 5.41) is 0. The molecule has 0 spiro atoms. The van der Waals surface area contributed by atoms with E-state index < -0.39 is 17.2 Å². The van der Waals surface area contributed by atoms with Crippen LogP contribution < -0.4 is 5.56 Å². The Morgan fingerprint density at radius 1 is 1.22 bits per heavy atom. The van der Waals surface area contributed by atoms with Gasteiger partial charge in [-0.3, -0.25) is 4.79 Å². The first kappa shape index (κ1) is 12.4. The molecule has 1 aromatic heterocycles. The van der Waals surface area contributed by atoms with Gasteiger partial charge in [-0.1, -0.05) is 0 Å². The Kier molecular flexibility index (Phi) is 3.47. The SMILES string of the molecule is COCc1nc(-c2cc(F)cc(F)c2)cc(=O)[nH]1. The Morgan fingerprint density at radius 2 is 1.89 bits per heavy atom. The maximum Gasteiger partial charge on any atom is 0.251 e. The highest BCUT2D eigenvalue weighted by atomic mass is 19.1. The maximum atomic E-state index is 13.1. The van der Waals surface area contributed by atoms with Gasteiger partial charge in [0.15, 0.2) is 0 Å². The molecule has 0 bridgehead atoms. The van der Waals surface area contributed by atoms with Gasteiger partial charge >= 0.3 is 0 Å². The van der Waals surface area contributed by atoms with Crippen molar-refractivity contribution in [3.63, 3.8) is 0 Å². The number of aromatic amines is 1. The second kappa shape index (κ2) is 5.05. The molecule has 0 aliphatic heterocycles. The molecule has 0 unspecified atom stereocenters. The third-order valence-corrected chi connectivity index (χ3v) is 2.23. The molecule has 0 aliphatic carbocycles. The lowest BCUT2D eigenvalue weighted by Crippen LogP contribution is -2.11. The Morgan fingerprint density at radius 3 is 2.50 bits per heavy atom. The number of rotatable bonds is 3. The van der Waals surface area contributed by atoms with Gasteiger partial charge in [-0.05, 0) is 12.1 Å². The minimum Gasteiger partial charge on any atom is -0.377 e. The number of nitrogens with one attached hydrogen (secondary N) is 1. The van der Waals surface area contributed by atoms with Crippen molar-refractivity contribution in [3.8, 4) is 11.3 Å². The van der Waals surface area contributed by atoms with Gasteiger partial charge in [0.1, 0.15) is 24.1 Å². The third-order valence-electron chi connectivity index (χ3n) is 2.23. The molecule has 1 N–H and O–H groups in total. The van der Waals surface area contributed by atoms with Crippen molar-refractivity contribution < 1.29 is 13.5 Å². The van der Waals surface area contributed by atoms with Gasteiger partial charge in [0.2, 0.25) is 0 Å². The van der Waals surface area contributed by atoms with E-state index in [1.54, 1.807) is 0 Å². The molecular weight excluding hydrogens is 242 g/mol. The van der Waals surface area contributed by atoms with Crippen LogP contribution in [0.2, 0.25) is 0 Å². The molecule has 0 atom stereocenters. The van der Waals surface area contributed by atoms with Crippen LogP contribution >= 0.6 is 0 Å². The van der Waals surface area contributed by atoms with Gasteiger partial charge in [0, 0.05) is 24.8 Å². The van der Waals surface area contributed by atoms with E-state index in [4.69, 9.17) is 4.74 Å². The van der Waals surface area contributed by atoms with Crippen LogP contribution in [0, 0.1) is 11.6 Å². The summed E-state index contributed by atoms with van der Waals surface area (Å²) in [4.78, 5) is 17.9. The lowest BCUT2D eigenvalue weighted by atomic mass is 10.1. The van der Waals surface area contributed by atoms with Crippen molar-refractivity contribution in [1.29, 1.82) is 0 Å². The predicted octanol–water partition coefficient (Wildman–Crippen LogP) is 1.86. The average molecular weight is 252 g/mol. The standard InChI is InChI=1S/C12H10F2N2O2/c1-18-6-11-15-10(5-12(17)16-11)7-2-8(13)4-9(14)3-7/h2-5H,6H2,1H3,(H,15,16,17). The van der Waals surface area contributed by atoms with E-state index in [2.05, 4.69) is 9.97 Å². The highest BCUT2D eigenvalue weighted by molar-refractivity contribution is 5.58. The number of hydrogen-bond donors (Lipinski definition) is 1. The number of aromatic nitrogens is 2. The minimum absolute atomic E-state index is 0.112. The maximum absolute atomic E-state index is 13.1. The first-order valence-electron chi connectivity index (χ1n) is 5.14. The Hall–Kier alpha value is -2.08. The Balaban J connectivity index is 2.52. The summed E-state index contributed by atoms with van der Waals surface area (Å²) in [5.41, 5.74) is -0.00290. The zero-order chi connectivity index (χ0) is 13.1. The van der Waals surface area contributed by atoms with E-state index in [1.807, 2.05) is 0 Å². The van der Waals surface area contributed by atoms with Crippen LogP contribution in [0.5, 0.6) is 0 Å². The van der Waals surface area contributed by atoms with E-state index in [0.29, 0.717) is 5.82 Å². The van der Waals surface area contributed by atoms with Crippen molar-refractivity contribution in [2.24, 2.45) is 0 Å². The normalized spacial score (nSPS) is 10.6. The predicted molar refractivity (Wildman–Crippen MR) is 60.9 cm³/mol. The molecule has 0 radical (unpaired) electrons. The average Bonchev–Trinajstić information content (AvgIpc) is 2.27. The molecule has 0 fully saturated rings. The molecule has 1 heterocycles. The second-order valence-corrected chi connectivity index (χ2v) is 3.67. The fourth-order valence-electron chi connectivity index (χ4n) is 1.56. The number of methoxy groups -OCH3 is 1. The van der Waals surface area contributed by atoms with Crippen LogP contribution in [0.1, 0.15) is 5.82 Å². The molecular formula is C12H10F2N2O2. The molecule has 1 aromatic carbocycles. The van der Waals surface area contributed by atoms with Gasteiger partial charge < -0.3 is 9.72 Å². The fourth-order valence-corrected chi connectivity index (χ4v) is 1.56. The topological polar surface area (TPSA) is 55.0 Å². The first-order chi connectivity index (χ1) is 8.58. The molecule has 2 rings (SSSR count). The molecule has 6 heteroatoms. The second-order valence-electron chi connectivity index (χ2n) is 3.67. The quantitative estimate of drug-likeness (QED) is 0.907. The van der Waals surface area contributed by atoms with Gasteiger partial charge in [0.05, 0.1) is 5.69 Å². The highest BCUT2D eigenvalue weighted by Crippen LogP contribution is 2.18. The number of hydrogen-bond acceptors (Lipinski definition) is 3. The van der Waals surface area contributed by atoms with E-state index in [9.17, 15) is 13.6 Å². The number of nitrogens with zero attached hydrogens (tertiary/aromatic N) is 1. The third kappa shape index (κ3) is 2.78. The summed E-state index contributed by atoms with van der Waals surface area (Å²) < 4.78 is 31.0. The molecule has 94 valence electrons. The molecule has 0 saturated carbocycles. The minimum atomic E-state index is -0.722. The molecule has 0 saturated heterocycles. The molecule has 0 aliphatic rings. The van der Waals surface area contributed by atoms with Crippen molar-refractivity contribution in [2.45, 2.75) is 6.61 Å². The van der Waals surface area contributed by atoms with Gasteiger partial charge in [-0.15, -0.1) is 0 Å². The molecule has 4 nitrogen and oxygen atoms in total. The first-order valence-corrected chi connectivity index (χ1v) is 5.14. The number of ether oxygens (including phenoxy) is 1. The van der Waals surface area contributed by atoms with Crippen LogP contribution in [0.15, 0.2) is 29.1 Å². The summed E-state index contributed by atoms with van der Waals surface area (Å²) in [7, 11) is 1.45. The van der Waals surface area contributed by atoms with Crippen LogP contribution in [-0.4, -0.2) is 17.1 Å². The van der Waals surface area contributed by atoms with Crippen molar-refractivity contribution in [1.82, 2.24) is 9.97 Å². The largest absolute Gasteiger partial charge is 0.377 e. The number of H-pyrrole nitrogens is 1. The molecule has 2 aromatic rings. The van der Waals surface area contributed by atoms with E-state index in [0.717, 1.165) is 18.2 Å². The zero-order valence-electron chi connectivity index (χ0n) is 9.54. The van der Waals surface area contributed by atoms with Crippen LogP contribution in [0.25, 0.3) is 11.3 Å². The molecule has 0 amide bonds. The van der Waals surface area contributed by atoms with Gasteiger partial charge in [0.25, 0.3) is 5.56 Å².